The van der Waals surface area contributed by atoms with Crippen molar-refractivity contribution < 1.29 is 23.9 Å². The van der Waals surface area contributed by atoms with E-state index in [1.807, 2.05) is 6.92 Å². The van der Waals surface area contributed by atoms with Gasteiger partial charge in [-0.3, -0.25) is 14.4 Å². The van der Waals surface area contributed by atoms with Crippen LogP contribution in [0.1, 0.15) is 40.5 Å². The van der Waals surface area contributed by atoms with Gasteiger partial charge in [-0.05, 0) is 5.92 Å². The van der Waals surface area contributed by atoms with Crippen molar-refractivity contribution in [1.29, 1.82) is 0 Å². The van der Waals surface area contributed by atoms with Crippen molar-refractivity contribution >= 4 is 24.2 Å². The first-order chi connectivity index (χ1) is 10.9. The number of hydrogen-bond donors (Lipinski definition) is 3. The van der Waals surface area contributed by atoms with E-state index < -0.39 is 23.8 Å². The van der Waals surface area contributed by atoms with E-state index in [0.29, 0.717) is 6.42 Å². The van der Waals surface area contributed by atoms with Crippen molar-refractivity contribution in [3.05, 3.63) is 0 Å². The van der Waals surface area contributed by atoms with Crippen molar-refractivity contribution in [1.82, 2.24) is 16.0 Å². The molecular weight excluding hydrogens is 559 g/mol. The van der Waals surface area contributed by atoms with Gasteiger partial charge in [0.15, 0.2) is 0 Å². The van der Waals surface area contributed by atoms with Crippen LogP contribution in [0.5, 0.6) is 0 Å². The smallest absolute Gasteiger partial charge is 0.325 e. The number of carbonyl (C=O) groups excluding carboxylic acids is 4. The van der Waals surface area contributed by atoms with Crippen LogP contribution in [0.2, 0.25) is 0 Å². The van der Waals surface area contributed by atoms with Crippen LogP contribution in [-0.4, -0.2) is 50.4 Å². The molecule has 0 radical (unpaired) electrons. The van der Waals surface area contributed by atoms with Gasteiger partial charge in [-0.1, -0.05) is 40.5 Å². The number of ether oxygens (including phenoxy) is 1. The average Bonchev–Trinajstić information content (AvgIpc) is 2.55. The Morgan fingerprint density at radius 3 is 2.04 bits per heavy atom. The Morgan fingerprint density at radius 1 is 1.08 bits per heavy atom. The molecule has 0 aliphatic heterocycles. The van der Waals surface area contributed by atoms with Gasteiger partial charge in [0.1, 0.15) is 6.54 Å². The number of hydrogen-bond acceptors (Lipinski definition) is 5. The topological polar surface area (TPSA) is 114 Å². The molecule has 3 N–H and O–H groups in total. The second-order valence-corrected chi connectivity index (χ2v) is 4.89. The molecule has 2 unspecified atom stereocenters. The third-order valence-corrected chi connectivity index (χ3v) is 2.79. The van der Waals surface area contributed by atoms with Crippen LogP contribution in [0.4, 0.5) is 0 Å². The molecule has 0 aromatic carbocycles. The van der Waals surface area contributed by atoms with Gasteiger partial charge in [-0.25, -0.2) is 0 Å². The van der Waals surface area contributed by atoms with E-state index in [1.165, 1.54) is 19.9 Å². The van der Waals surface area contributed by atoms with Gasteiger partial charge < -0.3 is 25.5 Å². The number of amides is 3. The summed E-state index contributed by atoms with van der Waals surface area (Å²) in [6, 6.07) is -0.745. The van der Waals surface area contributed by atoms with Gasteiger partial charge in [0.05, 0.1) is 19.7 Å². The van der Waals surface area contributed by atoms with Gasteiger partial charge in [0.25, 0.3) is 0 Å². The second-order valence-electron chi connectivity index (χ2n) is 4.89. The molecule has 9 heteroatoms. The predicted molar refractivity (Wildman–Crippen MR) is 86.1 cm³/mol. The fourth-order valence-electron chi connectivity index (χ4n) is 1.35. The molecule has 3 amide bonds. The van der Waals surface area contributed by atoms with E-state index in [1.54, 1.807) is 6.92 Å². The fourth-order valence-corrected chi connectivity index (χ4v) is 1.35. The number of carbonyl (C=O) groups is 3. The molecule has 0 aromatic rings. The maximum atomic E-state index is 11.8. The van der Waals surface area contributed by atoms with Gasteiger partial charge in [-0.2, -0.15) is 6.41 Å². The van der Waals surface area contributed by atoms with Crippen LogP contribution >= 0.6 is 0 Å². The van der Waals surface area contributed by atoms with Crippen molar-refractivity contribution in [3.8, 4) is 0 Å². The van der Waals surface area contributed by atoms with Crippen LogP contribution in [0.3, 0.4) is 0 Å². The minimum absolute atomic E-state index is 0. The maximum Gasteiger partial charge on any atom is 0.325 e. The van der Waals surface area contributed by atoms with Crippen LogP contribution < -0.4 is 16.0 Å². The molecule has 0 aliphatic rings. The van der Waals surface area contributed by atoms with E-state index >= 15 is 0 Å². The Bertz CT molecular complexity index is 380. The van der Waals surface area contributed by atoms with Crippen molar-refractivity contribution in [2.75, 3.05) is 20.2 Å². The molecule has 8 nitrogen and oxygen atoms in total. The summed E-state index contributed by atoms with van der Waals surface area (Å²) in [4.78, 5) is 44.3. The molecule has 0 aromatic heterocycles. The molecule has 0 spiro atoms. The third-order valence-electron chi connectivity index (χ3n) is 2.79. The summed E-state index contributed by atoms with van der Waals surface area (Å²) in [6.45, 7) is 7.37. The van der Waals surface area contributed by atoms with Gasteiger partial charge in [0, 0.05) is 0 Å². The van der Waals surface area contributed by atoms with E-state index in [9.17, 15) is 19.2 Å². The summed E-state index contributed by atoms with van der Waals surface area (Å²) < 4.78 is 4.35. The summed E-state index contributed by atoms with van der Waals surface area (Å²) in [6.07, 6.45) is 3.41. The third kappa shape index (κ3) is 12.6. The van der Waals surface area contributed by atoms with Gasteiger partial charge in [-0.15, -0.1) is 0 Å². The Labute approximate surface area is 137 Å². The molecule has 0 bridgehead atoms. The molecule has 0 aliphatic carbocycles. The fraction of sp³-hybridized carbons (Fsp3) is 0.733. The van der Waals surface area contributed by atoms with Crippen molar-refractivity contribution in [2.45, 2.75) is 46.6 Å². The number of methoxy groups -OCH3 is 1. The zero-order valence-electron chi connectivity index (χ0n) is 14.8. The van der Waals surface area contributed by atoms with E-state index in [0.717, 1.165) is 0 Å². The normalized spacial score (nSPS) is 11.4. The molecule has 24 heavy (non-hydrogen) atoms. The molecule has 0 rings (SSSR count). The zero-order chi connectivity index (χ0) is 18.3. The first-order valence-electron chi connectivity index (χ1n) is 7.61. The Hall–Kier alpha value is -3.12. The number of nitrogens with one attached hydrogen (secondary N) is 3. The molecule has 0 heterocycles. The SMILES string of the molecule is CCC.CCC(C)C(N[C-]=O)C(=O)NCC(=O)NCC(=O)OC.[Fm]. The largest absolute Gasteiger partial charge is 0.520 e. The quantitative estimate of drug-likeness (QED) is 0.198. The zero-order valence-corrected chi connectivity index (χ0v) is 17.2. The van der Waals surface area contributed by atoms with E-state index in [4.69, 9.17) is 0 Å². The summed E-state index contributed by atoms with van der Waals surface area (Å²) in [7, 11) is 1.20. The standard InChI is InChI=1S/C12H20N3O5.C3H8.Fm/c1-4-8(2)11(15-7-16)12(19)14-5-9(17)13-6-10(18)20-3;1-3-2;/h8,11H,4-6H2,1-3H3,(H,13,17)(H,14,19)(H,15,16);3H2,1-2H3;/q-1;;. The molecule has 0 fully saturated rings. The van der Waals surface area contributed by atoms with Gasteiger partial charge in [0.2, 0.25) is 11.8 Å². The first kappa shape index (κ1) is 25.8. The second kappa shape index (κ2) is 16.3. The molecule has 0 saturated carbocycles. The van der Waals surface area contributed by atoms with E-state index in [-0.39, 0.29) is 19.0 Å². The minimum atomic E-state index is -0.745. The molecule has 2 atom stereocenters. The monoisotopic (exact) mass is 587 g/mol. The molecule has 146 valence electrons. The van der Waals surface area contributed by atoms with E-state index in [2.05, 4.69) is 34.5 Å². The summed E-state index contributed by atoms with van der Waals surface area (Å²) in [5, 5.41) is 6.95. The van der Waals surface area contributed by atoms with Crippen LogP contribution in [0.15, 0.2) is 0 Å². The molecular formula is C15H28FmN3O5-. The summed E-state index contributed by atoms with van der Waals surface area (Å²) >= 11 is 0. The minimum Gasteiger partial charge on any atom is -0.520 e. The van der Waals surface area contributed by atoms with Crippen LogP contribution in [0, 0.1) is 5.92 Å². The predicted octanol–water partition coefficient (Wildman–Crippen LogP) is -0.120. The molecule has 0 saturated heterocycles. The Morgan fingerprint density at radius 2 is 1.62 bits per heavy atom. The van der Waals surface area contributed by atoms with Crippen LogP contribution in [0.25, 0.3) is 0 Å². The van der Waals surface area contributed by atoms with Crippen LogP contribution in [-0.2, 0) is 23.9 Å². The number of rotatable bonds is 9. The van der Waals surface area contributed by atoms with Crippen molar-refractivity contribution in [2.24, 2.45) is 5.92 Å². The average molecular weight is 587 g/mol. The first-order valence-corrected chi connectivity index (χ1v) is 7.61. The van der Waals surface area contributed by atoms with Crippen molar-refractivity contribution in [3.63, 3.8) is 0 Å². The summed E-state index contributed by atoms with van der Waals surface area (Å²) in [5.41, 5.74) is 0. The van der Waals surface area contributed by atoms with Gasteiger partial charge >= 0.3 is 5.97 Å². The number of esters is 1. The summed E-state index contributed by atoms with van der Waals surface area (Å²) in [5.74, 6) is -1.67. The Balaban J connectivity index is -0.00000102. The Kier molecular flexibility index (Phi) is 17.5. The maximum absolute atomic E-state index is 11.8.